The van der Waals surface area contributed by atoms with E-state index < -0.39 is 0 Å². The molecule has 0 saturated carbocycles. The van der Waals surface area contributed by atoms with Crippen LogP contribution in [0.2, 0.25) is 5.02 Å². The van der Waals surface area contributed by atoms with Gasteiger partial charge >= 0.3 is 0 Å². The quantitative estimate of drug-likeness (QED) is 0.554. The molecule has 1 saturated heterocycles. The molecule has 1 amide bonds. The second-order valence-electron chi connectivity index (χ2n) is 8.18. The largest absolute Gasteiger partial charge is 0.379 e. The topological polar surface area (TPSA) is 45.7 Å². The molecule has 5 nitrogen and oxygen atoms in total. The molecule has 2 heterocycles. The molecule has 2 aliphatic rings. The first-order chi connectivity index (χ1) is 15.2. The van der Waals surface area contributed by atoms with Crippen LogP contribution in [0.1, 0.15) is 34.3 Å². The Balaban J connectivity index is 1.46. The van der Waals surface area contributed by atoms with E-state index in [9.17, 15) is 4.79 Å². The summed E-state index contributed by atoms with van der Waals surface area (Å²) in [7, 11) is 0. The van der Waals surface area contributed by atoms with Crippen LogP contribution in [-0.4, -0.2) is 55.2 Å². The summed E-state index contributed by atoms with van der Waals surface area (Å²) in [6, 6.07) is 12.0. The van der Waals surface area contributed by atoms with Gasteiger partial charge in [-0.3, -0.25) is 14.6 Å². The van der Waals surface area contributed by atoms with E-state index in [-0.39, 0.29) is 5.91 Å². The summed E-state index contributed by atoms with van der Waals surface area (Å²) < 4.78 is 6.46. The molecule has 1 aromatic heterocycles. The number of carbonyl (C=O) groups is 1. The minimum Gasteiger partial charge on any atom is -0.379 e. The lowest BCUT2D eigenvalue weighted by Crippen LogP contribution is -2.43. The van der Waals surface area contributed by atoms with Crippen LogP contribution in [0.3, 0.4) is 0 Å². The highest BCUT2D eigenvalue weighted by Crippen LogP contribution is 2.33. The molecule has 1 aliphatic carbocycles. The maximum absolute atomic E-state index is 13.7. The van der Waals surface area contributed by atoms with Crippen molar-refractivity contribution in [3.8, 4) is 0 Å². The molecule has 0 bridgehead atoms. The molecule has 1 aliphatic heterocycles. The summed E-state index contributed by atoms with van der Waals surface area (Å²) in [5.41, 5.74) is 4.21. The Morgan fingerprint density at radius 3 is 2.74 bits per heavy atom. The van der Waals surface area contributed by atoms with Crippen LogP contribution in [0.25, 0.3) is 10.2 Å². The first kappa shape index (κ1) is 20.9. The van der Waals surface area contributed by atoms with E-state index in [1.54, 1.807) is 0 Å². The number of aryl methyl sites for hydroxylation is 2. The number of halogens is 1. The number of para-hydroxylation sites is 1. The van der Waals surface area contributed by atoms with Crippen LogP contribution in [-0.2, 0) is 17.6 Å². The average molecular weight is 456 g/mol. The molecule has 31 heavy (non-hydrogen) atoms. The van der Waals surface area contributed by atoms with Crippen LogP contribution in [0.5, 0.6) is 0 Å². The van der Waals surface area contributed by atoms with Gasteiger partial charge in [-0.2, -0.15) is 0 Å². The third-order valence-electron chi connectivity index (χ3n) is 6.17. The predicted octanol–water partition coefficient (Wildman–Crippen LogP) is 4.81. The Kier molecular flexibility index (Phi) is 6.23. The number of carbonyl (C=O) groups excluding carboxylic acids is 1. The van der Waals surface area contributed by atoms with Gasteiger partial charge in [0.15, 0.2) is 5.13 Å². The highest BCUT2D eigenvalue weighted by atomic mass is 35.5. The summed E-state index contributed by atoms with van der Waals surface area (Å²) in [5.74, 6) is 0.0109. The summed E-state index contributed by atoms with van der Waals surface area (Å²) in [6.45, 7) is 4.67. The number of benzene rings is 2. The van der Waals surface area contributed by atoms with E-state index in [4.69, 9.17) is 21.3 Å². The fourth-order valence-corrected chi connectivity index (χ4v) is 5.68. The lowest BCUT2D eigenvalue weighted by Gasteiger charge is -2.29. The summed E-state index contributed by atoms with van der Waals surface area (Å²) in [4.78, 5) is 22.6. The molecule has 5 rings (SSSR count). The van der Waals surface area contributed by atoms with E-state index >= 15 is 0 Å². The van der Waals surface area contributed by atoms with Gasteiger partial charge < -0.3 is 4.74 Å². The Labute approximate surface area is 191 Å². The van der Waals surface area contributed by atoms with Gasteiger partial charge in [0, 0.05) is 31.7 Å². The third-order valence-corrected chi connectivity index (χ3v) is 7.52. The molecular formula is C24H26ClN3O2S. The molecule has 0 spiro atoms. The van der Waals surface area contributed by atoms with E-state index in [2.05, 4.69) is 17.0 Å². The molecule has 0 N–H and O–H groups in total. The smallest absolute Gasteiger partial charge is 0.260 e. The predicted molar refractivity (Wildman–Crippen MR) is 127 cm³/mol. The number of fused-ring (bicyclic) bond motifs is 2. The first-order valence-electron chi connectivity index (χ1n) is 11.0. The van der Waals surface area contributed by atoms with Crippen molar-refractivity contribution in [1.29, 1.82) is 0 Å². The number of hydrogen-bond acceptors (Lipinski definition) is 5. The minimum absolute atomic E-state index is 0.0109. The van der Waals surface area contributed by atoms with Crippen molar-refractivity contribution in [2.45, 2.75) is 25.7 Å². The number of morpholine rings is 1. The fraction of sp³-hybridized carbons (Fsp3) is 0.417. The number of thiazole rings is 1. The zero-order valence-electron chi connectivity index (χ0n) is 17.5. The van der Waals surface area contributed by atoms with E-state index in [1.807, 2.05) is 29.2 Å². The van der Waals surface area contributed by atoms with E-state index in [0.717, 1.165) is 61.5 Å². The number of aromatic nitrogens is 1. The minimum atomic E-state index is 0.0109. The Bertz CT molecular complexity index is 1090. The summed E-state index contributed by atoms with van der Waals surface area (Å²) in [6.07, 6.45) is 4.60. The van der Waals surface area contributed by atoms with Crippen LogP contribution in [0.15, 0.2) is 36.4 Å². The molecule has 1 fully saturated rings. The van der Waals surface area contributed by atoms with Crippen molar-refractivity contribution in [2.75, 3.05) is 44.3 Å². The molecule has 2 aromatic carbocycles. The lowest BCUT2D eigenvalue weighted by atomic mass is 9.90. The number of ether oxygens (including phenoxy) is 1. The van der Waals surface area contributed by atoms with Crippen LogP contribution in [0, 0.1) is 0 Å². The number of rotatable bonds is 5. The lowest BCUT2D eigenvalue weighted by molar-refractivity contribution is 0.0391. The van der Waals surface area contributed by atoms with Crippen LogP contribution < -0.4 is 4.90 Å². The molecule has 0 radical (unpaired) electrons. The number of hydrogen-bond donors (Lipinski definition) is 0. The third kappa shape index (κ3) is 4.48. The molecule has 162 valence electrons. The van der Waals surface area contributed by atoms with Crippen molar-refractivity contribution in [3.63, 3.8) is 0 Å². The van der Waals surface area contributed by atoms with Crippen molar-refractivity contribution in [2.24, 2.45) is 0 Å². The van der Waals surface area contributed by atoms with Crippen molar-refractivity contribution < 1.29 is 9.53 Å². The zero-order chi connectivity index (χ0) is 21.2. The Morgan fingerprint density at radius 1 is 1.13 bits per heavy atom. The average Bonchev–Trinajstić information content (AvgIpc) is 3.25. The highest BCUT2D eigenvalue weighted by molar-refractivity contribution is 7.22. The maximum atomic E-state index is 13.7. The molecule has 0 unspecified atom stereocenters. The molecule has 7 heteroatoms. The summed E-state index contributed by atoms with van der Waals surface area (Å²) in [5, 5.41) is 1.33. The number of amides is 1. The Morgan fingerprint density at radius 2 is 1.94 bits per heavy atom. The first-order valence-corrected chi connectivity index (χ1v) is 12.2. The second kappa shape index (κ2) is 9.25. The van der Waals surface area contributed by atoms with Gasteiger partial charge in [-0.15, -0.1) is 0 Å². The number of anilines is 1. The fourth-order valence-electron chi connectivity index (χ4n) is 4.39. The van der Waals surface area contributed by atoms with E-state index in [1.165, 1.54) is 35.3 Å². The van der Waals surface area contributed by atoms with Gasteiger partial charge in [0.25, 0.3) is 5.91 Å². The van der Waals surface area contributed by atoms with E-state index in [0.29, 0.717) is 16.7 Å². The van der Waals surface area contributed by atoms with Crippen LogP contribution in [0.4, 0.5) is 5.13 Å². The van der Waals surface area contributed by atoms with Gasteiger partial charge in [0.1, 0.15) is 5.52 Å². The maximum Gasteiger partial charge on any atom is 0.260 e. The Hall–Kier alpha value is -1.99. The van der Waals surface area contributed by atoms with Crippen LogP contribution >= 0.6 is 22.9 Å². The van der Waals surface area contributed by atoms with Gasteiger partial charge in [-0.25, -0.2) is 4.98 Å². The number of nitrogens with zero attached hydrogens (tertiary/aromatic N) is 3. The zero-order valence-corrected chi connectivity index (χ0v) is 19.1. The standard InChI is InChI=1S/C24H26ClN3O2S/c25-20-6-3-7-21-22(20)26-24(31-21)28(11-10-27-12-14-30-15-13-27)23(29)19-9-8-17-4-1-2-5-18(17)16-19/h3,6-9,16H,1-2,4-5,10-15H2. The molecule has 0 atom stereocenters. The molecular weight excluding hydrogens is 430 g/mol. The highest BCUT2D eigenvalue weighted by Gasteiger charge is 2.24. The van der Waals surface area contributed by atoms with Crippen molar-refractivity contribution >= 4 is 44.2 Å². The monoisotopic (exact) mass is 455 g/mol. The van der Waals surface area contributed by atoms with Gasteiger partial charge in [-0.1, -0.05) is 35.1 Å². The van der Waals surface area contributed by atoms with Gasteiger partial charge in [-0.05, 0) is 61.1 Å². The van der Waals surface area contributed by atoms with Crippen molar-refractivity contribution in [1.82, 2.24) is 9.88 Å². The summed E-state index contributed by atoms with van der Waals surface area (Å²) >= 11 is 7.89. The van der Waals surface area contributed by atoms with Gasteiger partial charge in [0.2, 0.25) is 0 Å². The van der Waals surface area contributed by atoms with Crippen molar-refractivity contribution in [3.05, 3.63) is 58.1 Å². The van der Waals surface area contributed by atoms with Gasteiger partial charge in [0.05, 0.1) is 22.9 Å². The SMILES string of the molecule is O=C(c1ccc2c(c1)CCCC2)N(CCN1CCOCC1)c1nc2c(Cl)cccc2s1. The molecule has 3 aromatic rings. The second-order valence-corrected chi connectivity index (χ2v) is 9.60. The normalized spacial score (nSPS) is 16.9.